The van der Waals surface area contributed by atoms with Crippen LogP contribution in [0.5, 0.6) is 0 Å². The zero-order valence-corrected chi connectivity index (χ0v) is 29.6. The lowest BCUT2D eigenvalue weighted by Gasteiger charge is -2.15. The quantitative estimate of drug-likeness (QED) is 0.132. The molecule has 0 unspecified atom stereocenters. The van der Waals surface area contributed by atoms with E-state index in [1.54, 1.807) is 0 Å². The van der Waals surface area contributed by atoms with Crippen molar-refractivity contribution in [3.05, 3.63) is 188 Å². The second-order valence-electron chi connectivity index (χ2n) is 14.0. The van der Waals surface area contributed by atoms with Crippen molar-refractivity contribution in [3.8, 4) is 56.4 Å². The molecule has 256 valence electrons. The summed E-state index contributed by atoms with van der Waals surface area (Å²) in [5.41, 5.74) is 9.00. The van der Waals surface area contributed by atoms with Crippen LogP contribution in [0.2, 0.25) is 0 Å². The molecule has 2 aromatic heterocycles. The van der Waals surface area contributed by atoms with Crippen molar-refractivity contribution in [1.82, 2.24) is 15.0 Å². The second kappa shape index (κ2) is 12.6. The van der Waals surface area contributed by atoms with Crippen LogP contribution in [0.1, 0.15) is 0 Å². The van der Waals surface area contributed by atoms with Gasteiger partial charge in [-0.25, -0.2) is 15.0 Å². The fourth-order valence-electron chi connectivity index (χ4n) is 8.08. The maximum absolute atomic E-state index is 6.15. The highest BCUT2D eigenvalue weighted by Gasteiger charge is 2.18. The standard InChI is InChI=1S/C51H31N3O/c1-2-13-34(14-3-1)49-52-50(54-51(53-49)43-20-9-8-17-39(43)37-27-29-47-45(31-37)41-19-10-11-21-46(41)55-47)35-24-22-33(23-25-35)48-40-18-7-5-15-36(40)30-44-38-16-6-4-12-32(38)26-28-42(44)48/h1-31H. The fourth-order valence-corrected chi connectivity index (χ4v) is 8.08. The number of nitrogens with zero attached hydrogens (tertiary/aromatic N) is 3. The Morgan fingerprint density at radius 1 is 0.291 bits per heavy atom. The predicted octanol–water partition coefficient (Wildman–Crippen LogP) is 13.6. The SMILES string of the molecule is c1ccc(-c2nc(-c3ccc(-c4c5ccccc5cc5c4ccc4ccccc45)cc3)nc(-c3ccccc3-c3ccc4oc5ccccc5c4c3)n2)cc1. The minimum Gasteiger partial charge on any atom is -0.456 e. The normalized spacial score (nSPS) is 11.6. The maximum Gasteiger partial charge on any atom is 0.164 e. The lowest BCUT2D eigenvalue weighted by Crippen LogP contribution is -2.01. The molecule has 9 aromatic carbocycles. The first-order chi connectivity index (χ1) is 27.2. The zero-order chi connectivity index (χ0) is 36.3. The Morgan fingerprint density at radius 3 is 1.69 bits per heavy atom. The Hall–Kier alpha value is -7.43. The molecule has 4 nitrogen and oxygen atoms in total. The van der Waals surface area contributed by atoms with Crippen LogP contribution in [0.15, 0.2) is 192 Å². The molecule has 0 saturated heterocycles. The molecular formula is C51H31N3O. The van der Waals surface area contributed by atoms with Gasteiger partial charge in [-0.1, -0.05) is 164 Å². The Kier molecular flexibility index (Phi) is 7.14. The van der Waals surface area contributed by atoms with E-state index in [2.05, 4.69) is 133 Å². The molecule has 55 heavy (non-hydrogen) atoms. The first-order valence-corrected chi connectivity index (χ1v) is 18.5. The number of aromatic nitrogens is 3. The van der Waals surface area contributed by atoms with Gasteiger partial charge in [0.15, 0.2) is 17.5 Å². The average Bonchev–Trinajstić information content (AvgIpc) is 3.64. The van der Waals surface area contributed by atoms with Gasteiger partial charge in [0.1, 0.15) is 11.2 Å². The van der Waals surface area contributed by atoms with Gasteiger partial charge < -0.3 is 4.42 Å². The van der Waals surface area contributed by atoms with Gasteiger partial charge in [0.25, 0.3) is 0 Å². The summed E-state index contributed by atoms with van der Waals surface area (Å²) >= 11 is 0. The van der Waals surface area contributed by atoms with Gasteiger partial charge in [-0.15, -0.1) is 0 Å². The van der Waals surface area contributed by atoms with Gasteiger partial charge in [0.2, 0.25) is 0 Å². The highest BCUT2D eigenvalue weighted by atomic mass is 16.3. The van der Waals surface area contributed by atoms with Crippen LogP contribution >= 0.6 is 0 Å². The molecule has 0 fully saturated rings. The van der Waals surface area contributed by atoms with E-state index in [0.29, 0.717) is 17.5 Å². The number of benzene rings is 9. The number of fused-ring (bicyclic) bond motifs is 7. The van der Waals surface area contributed by atoms with Crippen molar-refractivity contribution in [2.45, 2.75) is 0 Å². The van der Waals surface area contributed by atoms with E-state index in [1.807, 2.05) is 54.6 Å². The molecule has 0 aliphatic carbocycles. The molecule has 0 radical (unpaired) electrons. The topological polar surface area (TPSA) is 51.8 Å². The highest BCUT2D eigenvalue weighted by Crippen LogP contribution is 2.41. The van der Waals surface area contributed by atoms with Crippen LogP contribution in [-0.4, -0.2) is 15.0 Å². The first kappa shape index (κ1) is 31.1. The van der Waals surface area contributed by atoms with Crippen molar-refractivity contribution in [3.63, 3.8) is 0 Å². The van der Waals surface area contributed by atoms with Crippen LogP contribution in [-0.2, 0) is 0 Å². The maximum atomic E-state index is 6.15. The van der Waals surface area contributed by atoms with E-state index in [1.165, 1.54) is 37.9 Å². The third-order valence-electron chi connectivity index (χ3n) is 10.7. The number of para-hydroxylation sites is 1. The van der Waals surface area contributed by atoms with E-state index >= 15 is 0 Å². The lowest BCUT2D eigenvalue weighted by atomic mass is 9.89. The van der Waals surface area contributed by atoms with E-state index in [9.17, 15) is 0 Å². The molecule has 0 aliphatic heterocycles. The number of hydrogen-bond donors (Lipinski definition) is 0. The van der Waals surface area contributed by atoms with Gasteiger partial charge in [0, 0.05) is 27.5 Å². The summed E-state index contributed by atoms with van der Waals surface area (Å²) in [4.78, 5) is 15.4. The van der Waals surface area contributed by atoms with Gasteiger partial charge in [-0.05, 0) is 78.8 Å². The Bertz CT molecular complexity index is 3260. The average molecular weight is 702 g/mol. The van der Waals surface area contributed by atoms with Crippen LogP contribution in [0.25, 0.3) is 111 Å². The molecule has 11 aromatic rings. The molecule has 0 saturated carbocycles. The van der Waals surface area contributed by atoms with Crippen molar-refractivity contribution >= 4 is 54.3 Å². The summed E-state index contributed by atoms with van der Waals surface area (Å²) in [5.74, 6) is 1.87. The number of hydrogen-bond acceptors (Lipinski definition) is 4. The predicted molar refractivity (Wildman–Crippen MR) is 227 cm³/mol. The fraction of sp³-hybridized carbons (Fsp3) is 0. The van der Waals surface area contributed by atoms with Gasteiger partial charge in [0.05, 0.1) is 0 Å². The molecule has 0 bridgehead atoms. The molecule has 11 rings (SSSR count). The summed E-state index contributed by atoms with van der Waals surface area (Å²) in [6.45, 7) is 0. The largest absolute Gasteiger partial charge is 0.456 e. The minimum absolute atomic E-state index is 0.618. The first-order valence-electron chi connectivity index (χ1n) is 18.5. The zero-order valence-electron chi connectivity index (χ0n) is 29.6. The molecule has 0 spiro atoms. The third-order valence-corrected chi connectivity index (χ3v) is 10.7. The Morgan fingerprint density at radius 2 is 0.873 bits per heavy atom. The molecule has 0 atom stereocenters. The number of furan rings is 1. The van der Waals surface area contributed by atoms with E-state index in [-0.39, 0.29) is 0 Å². The molecular weight excluding hydrogens is 671 g/mol. The lowest BCUT2D eigenvalue weighted by molar-refractivity contribution is 0.669. The van der Waals surface area contributed by atoms with Crippen LogP contribution < -0.4 is 0 Å². The second-order valence-corrected chi connectivity index (χ2v) is 14.0. The molecule has 4 heteroatoms. The highest BCUT2D eigenvalue weighted by molar-refractivity contribution is 6.20. The molecule has 0 amide bonds. The van der Waals surface area contributed by atoms with E-state index < -0.39 is 0 Å². The summed E-state index contributed by atoms with van der Waals surface area (Å²) in [7, 11) is 0. The summed E-state index contributed by atoms with van der Waals surface area (Å²) in [6, 6.07) is 65.8. The van der Waals surface area contributed by atoms with Crippen molar-refractivity contribution in [1.29, 1.82) is 0 Å². The molecule has 2 heterocycles. The summed E-state index contributed by atoms with van der Waals surface area (Å²) < 4.78 is 6.15. The van der Waals surface area contributed by atoms with Crippen molar-refractivity contribution in [2.75, 3.05) is 0 Å². The van der Waals surface area contributed by atoms with E-state index in [4.69, 9.17) is 19.4 Å². The van der Waals surface area contributed by atoms with Gasteiger partial charge >= 0.3 is 0 Å². The summed E-state index contributed by atoms with van der Waals surface area (Å²) in [6.07, 6.45) is 0. The van der Waals surface area contributed by atoms with Crippen LogP contribution in [0.4, 0.5) is 0 Å². The van der Waals surface area contributed by atoms with Gasteiger partial charge in [-0.2, -0.15) is 0 Å². The third kappa shape index (κ3) is 5.26. The monoisotopic (exact) mass is 701 g/mol. The number of rotatable bonds is 5. The minimum atomic E-state index is 0.618. The van der Waals surface area contributed by atoms with Crippen LogP contribution in [0, 0.1) is 0 Å². The molecule has 0 N–H and O–H groups in total. The van der Waals surface area contributed by atoms with Crippen molar-refractivity contribution < 1.29 is 4.42 Å². The smallest absolute Gasteiger partial charge is 0.164 e. The van der Waals surface area contributed by atoms with Gasteiger partial charge in [-0.3, -0.25) is 0 Å². The Balaban J connectivity index is 1.06. The van der Waals surface area contributed by atoms with E-state index in [0.717, 1.165) is 55.3 Å². The molecule has 0 aliphatic rings. The van der Waals surface area contributed by atoms with Crippen LogP contribution in [0.3, 0.4) is 0 Å². The summed E-state index contributed by atoms with van der Waals surface area (Å²) in [5, 5.41) is 9.61. The van der Waals surface area contributed by atoms with Crippen molar-refractivity contribution in [2.24, 2.45) is 0 Å². The Labute approximate surface area is 317 Å².